The van der Waals surface area contributed by atoms with E-state index in [-0.39, 0.29) is 5.91 Å². The summed E-state index contributed by atoms with van der Waals surface area (Å²) in [5.74, 6) is 0.678. The van der Waals surface area contributed by atoms with Gasteiger partial charge in [0, 0.05) is 12.6 Å². The van der Waals surface area contributed by atoms with Crippen molar-refractivity contribution >= 4 is 11.6 Å². The van der Waals surface area contributed by atoms with Gasteiger partial charge in [-0.15, -0.1) is 0 Å². The van der Waals surface area contributed by atoms with Gasteiger partial charge in [-0.2, -0.15) is 4.98 Å². The highest BCUT2D eigenvalue weighted by Gasteiger charge is 2.15. The zero-order valence-electron chi connectivity index (χ0n) is 12.0. The van der Waals surface area contributed by atoms with Gasteiger partial charge in [0.2, 0.25) is 11.7 Å². The molecule has 1 N–H and O–H groups in total. The molecule has 0 aliphatic heterocycles. The minimum Gasteiger partial charge on any atom is -0.333 e. The van der Waals surface area contributed by atoms with Crippen LogP contribution in [0.4, 0.5) is 5.69 Å². The van der Waals surface area contributed by atoms with Gasteiger partial charge >= 0.3 is 0 Å². The molecule has 0 radical (unpaired) electrons. The largest absolute Gasteiger partial charge is 0.333 e. The third-order valence-electron chi connectivity index (χ3n) is 3.07. The van der Waals surface area contributed by atoms with Crippen LogP contribution in [0.1, 0.15) is 13.3 Å². The summed E-state index contributed by atoms with van der Waals surface area (Å²) in [5, 5.41) is 6.77. The normalized spacial score (nSPS) is 10.4. The van der Waals surface area contributed by atoms with Crippen molar-refractivity contribution in [3.05, 3.63) is 48.7 Å². The molecule has 2 heterocycles. The number of nitrogens with one attached hydrogen (secondary N) is 1. The fourth-order valence-electron chi connectivity index (χ4n) is 1.95. The fraction of sp³-hybridized carbons (Fsp3) is 0.125. The van der Waals surface area contributed by atoms with Crippen molar-refractivity contribution in [3.63, 3.8) is 0 Å². The molecule has 6 nitrogen and oxygen atoms in total. The Hall–Kier alpha value is -3.02. The van der Waals surface area contributed by atoms with Gasteiger partial charge in [0.05, 0.1) is 11.3 Å². The quantitative estimate of drug-likeness (QED) is 0.799. The minimum atomic E-state index is -0.0723. The summed E-state index contributed by atoms with van der Waals surface area (Å²) >= 11 is 0. The lowest BCUT2D eigenvalue weighted by atomic mass is 10.1. The third kappa shape index (κ3) is 2.85. The Bertz CT molecular complexity index is 784. The highest BCUT2D eigenvalue weighted by Crippen LogP contribution is 2.28. The summed E-state index contributed by atoms with van der Waals surface area (Å²) in [5.41, 5.74) is 1.96. The first-order valence-electron chi connectivity index (χ1n) is 6.92. The second kappa shape index (κ2) is 6.17. The molecule has 0 aliphatic carbocycles. The van der Waals surface area contributed by atoms with Gasteiger partial charge in [-0.25, -0.2) is 0 Å². The van der Waals surface area contributed by atoms with Crippen molar-refractivity contribution in [2.24, 2.45) is 0 Å². The van der Waals surface area contributed by atoms with Crippen molar-refractivity contribution in [3.8, 4) is 23.0 Å². The number of hydrogen-bond donors (Lipinski definition) is 1. The Balaban J connectivity index is 1.95. The number of carbonyl (C=O) groups excluding carboxylic acids is 1. The van der Waals surface area contributed by atoms with Crippen LogP contribution in [0, 0.1) is 0 Å². The van der Waals surface area contributed by atoms with Crippen molar-refractivity contribution in [2.75, 3.05) is 5.32 Å². The van der Waals surface area contributed by atoms with E-state index < -0.39 is 0 Å². The Morgan fingerprint density at radius 1 is 1.18 bits per heavy atom. The summed E-state index contributed by atoms with van der Waals surface area (Å²) in [7, 11) is 0. The average molecular weight is 294 g/mol. The number of pyridine rings is 1. The van der Waals surface area contributed by atoms with Crippen LogP contribution in [-0.2, 0) is 4.79 Å². The van der Waals surface area contributed by atoms with E-state index in [1.54, 1.807) is 25.3 Å². The van der Waals surface area contributed by atoms with Gasteiger partial charge < -0.3 is 9.84 Å². The third-order valence-corrected chi connectivity index (χ3v) is 3.07. The summed E-state index contributed by atoms with van der Waals surface area (Å²) in [6, 6.07) is 12.8. The molecule has 3 aromatic rings. The van der Waals surface area contributed by atoms with Crippen LogP contribution in [0.15, 0.2) is 53.2 Å². The monoisotopic (exact) mass is 294 g/mol. The summed E-state index contributed by atoms with van der Waals surface area (Å²) in [4.78, 5) is 20.1. The lowest BCUT2D eigenvalue weighted by Crippen LogP contribution is -2.10. The Morgan fingerprint density at radius 3 is 2.77 bits per heavy atom. The zero-order chi connectivity index (χ0) is 15.4. The number of nitrogens with zero attached hydrogens (tertiary/aromatic N) is 3. The maximum atomic E-state index is 11.6. The first-order valence-corrected chi connectivity index (χ1v) is 6.92. The molecule has 2 aromatic heterocycles. The molecule has 0 saturated heterocycles. The minimum absolute atomic E-state index is 0.0723. The Labute approximate surface area is 127 Å². The smallest absolute Gasteiger partial charge is 0.260 e. The molecule has 0 fully saturated rings. The second-order valence-electron chi connectivity index (χ2n) is 4.59. The molecule has 0 aliphatic rings. The lowest BCUT2D eigenvalue weighted by molar-refractivity contribution is -0.115. The van der Waals surface area contributed by atoms with Gasteiger partial charge in [0.1, 0.15) is 5.69 Å². The first-order chi connectivity index (χ1) is 10.8. The zero-order valence-corrected chi connectivity index (χ0v) is 12.0. The average Bonchev–Trinajstić information content (AvgIpc) is 3.06. The van der Waals surface area contributed by atoms with Crippen LogP contribution in [0.2, 0.25) is 0 Å². The molecule has 0 unspecified atom stereocenters. The molecule has 3 rings (SSSR count). The number of carbonyl (C=O) groups is 1. The van der Waals surface area contributed by atoms with E-state index in [0.717, 1.165) is 0 Å². The molecule has 0 bridgehead atoms. The summed E-state index contributed by atoms with van der Waals surface area (Å²) in [6.45, 7) is 1.80. The highest BCUT2D eigenvalue weighted by molar-refractivity contribution is 5.94. The van der Waals surface area contributed by atoms with Crippen LogP contribution in [0.5, 0.6) is 0 Å². The summed E-state index contributed by atoms with van der Waals surface area (Å²) < 4.78 is 5.31. The second-order valence-corrected chi connectivity index (χ2v) is 4.59. The summed E-state index contributed by atoms with van der Waals surface area (Å²) in [6.07, 6.45) is 2.07. The van der Waals surface area contributed by atoms with Gasteiger partial charge in [0.25, 0.3) is 5.89 Å². The Kier molecular flexibility index (Phi) is 3.91. The number of benzene rings is 1. The van der Waals surface area contributed by atoms with E-state index in [1.165, 1.54) is 0 Å². The van der Waals surface area contributed by atoms with Crippen molar-refractivity contribution in [2.45, 2.75) is 13.3 Å². The van der Waals surface area contributed by atoms with E-state index in [1.807, 2.05) is 30.3 Å². The maximum Gasteiger partial charge on any atom is 0.260 e. The first kappa shape index (κ1) is 13.9. The molecule has 22 heavy (non-hydrogen) atoms. The molecule has 0 saturated carbocycles. The van der Waals surface area contributed by atoms with Gasteiger partial charge in [-0.1, -0.05) is 30.3 Å². The molecular formula is C16H14N4O2. The van der Waals surface area contributed by atoms with Crippen molar-refractivity contribution < 1.29 is 9.32 Å². The standard InChI is InChI=1S/C16H14N4O2/c1-2-14(21)18-12-8-4-3-7-11(12)16-19-15(20-22-16)13-9-5-6-10-17-13/h3-10H,2H2,1H3,(H,18,21). The van der Waals surface area contributed by atoms with E-state index in [4.69, 9.17) is 4.52 Å². The number of para-hydroxylation sites is 1. The maximum absolute atomic E-state index is 11.6. The topological polar surface area (TPSA) is 80.9 Å². The molecule has 0 spiro atoms. The fourth-order valence-corrected chi connectivity index (χ4v) is 1.95. The number of hydrogen-bond acceptors (Lipinski definition) is 5. The lowest BCUT2D eigenvalue weighted by Gasteiger charge is -2.06. The number of rotatable bonds is 4. The van der Waals surface area contributed by atoms with Gasteiger partial charge in [-0.3, -0.25) is 9.78 Å². The molecule has 6 heteroatoms. The predicted octanol–water partition coefficient (Wildman–Crippen LogP) is 3.15. The van der Waals surface area contributed by atoms with Crippen LogP contribution in [0.3, 0.4) is 0 Å². The van der Waals surface area contributed by atoms with Crippen LogP contribution in [0.25, 0.3) is 23.0 Å². The highest BCUT2D eigenvalue weighted by atomic mass is 16.5. The molecule has 0 atom stereocenters. The van der Waals surface area contributed by atoms with Crippen LogP contribution in [-0.4, -0.2) is 21.0 Å². The van der Waals surface area contributed by atoms with Gasteiger partial charge in [-0.05, 0) is 24.3 Å². The molecular weight excluding hydrogens is 280 g/mol. The van der Waals surface area contributed by atoms with Crippen molar-refractivity contribution in [1.29, 1.82) is 0 Å². The number of amides is 1. The SMILES string of the molecule is CCC(=O)Nc1ccccc1-c1nc(-c2ccccn2)no1. The van der Waals surface area contributed by atoms with Crippen molar-refractivity contribution in [1.82, 2.24) is 15.1 Å². The van der Waals surface area contributed by atoms with E-state index in [9.17, 15) is 4.79 Å². The van der Waals surface area contributed by atoms with E-state index in [0.29, 0.717) is 35.1 Å². The number of aromatic nitrogens is 3. The van der Waals surface area contributed by atoms with E-state index in [2.05, 4.69) is 20.4 Å². The van der Waals surface area contributed by atoms with E-state index >= 15 is 0 Å². The Morgan fingerprint density at radius 2 is 2.00 bits per heavy atom. The number of anilines is 1. The molecule has 1 aromatic carbocycles. The predicted molar refractivity (Wildman–Crippen MR) is 81.9 cm³/mol. The van der Waals surface area contributed by atoms with Crippen LogP contribution >= 0.6 is 0 Å². The van der Waals surface area contributed by atoms with Gasteiger partial charge in [0.15, 0.2) is 0 Å². The van der Waals surface area contributed by atoms with Crippen LogP contribution < -0.4 is 5.32 Å². The molecule has 1 amide bonds. The molecule has 110 valence electrons.